The minimum Gasteiger partial charge on any atom is -0.395 e. The van der Waals surface area contributed by atoms with Gasteiger partial charge in [0.05, 0.1) is 6.61 Å². The molecule has 3 nitrogen and oxygen atoms in total. The molecule has 0 bridgehead atoms. The summed E-state index contributed by atoms with van der Waals surface area (Å²) in [6.45, 7) is -3.86. The van der Waals surface area contributed by atoms with Crippen LogP contribution in [-0.4, -0.2) is 65.1 Å². The molecule has 0 unspecified atom stereocenters. The molecule has 0 aliphatic carbocycles. The number of aliphatic hydroxyl groups excluding tert-OH is 1. The lowest BCUT2D eigenvalue weighted by molar-refractivity contribution is -0.374. The van der Waals surface area contributed by atoms with Crippen molar-refractivity contribution in [1.82, 2.24) is 9.80 Å². The van der Waals surface area contributed by atoms with Gasteiger partial charge in [0, 0.05) is 18.4 Å². The molecule has 0 radical (unpaired) electrons. The van der Waals surface area contributed by atoms with Gasteiger partial charge in [-0.3, -0.25) is 0 Å². The van der Waals surface area contributed by atoms with Gasteiger partial charge >= 0.3 is 25.2 Å². The standard InChI is InChI=1S/C4H4BrF6N.C4H5F6NO/c5-1-2-12(3(6,7)8)4(9,10)11;5-3(6,7)11(1-2-12)4(8,9)10/h1-2H2;12H,1-2H2. The largest absolute Gasteiger partial charge is 0.467 e. The molecule has 0 aromatic carbocycles. The van der Waals surface area contributed by atoms with Crippen LogP contribution < -0.4 is 0 Å². The highest BCUT2D eigenvalue weighted by Gasteiger charge is 2.53. The van der Waals surface area contributed by atoms with Gasteiger partial charge in [-0.1, -0.05) is 15.9 Å². The Hall–Kier alpha value is -0.480. The molecule has 16 heteroatoms. The molecule has 0 aromatic heterocycles. The molecular formula is C8H9BrF12N2O. The van der Waals surface area contributed by atoms with Gasteiger partial charge in [0.25, 0.3) is 0 Å². The summed E-state index contributed by atoms with van der Waals surface area (Å²) in [5.74, 6) is 0. The molecular weight excluding hydrogens is 448 g/mol. The van der Waals surface area contributed by atoms with E-state index in [-0.39, 0.29) is 0 Å². The van der Waals surface area contributed by atoms with Gasteiger partial charge < -0.3 is 5.11 Å². The molecule has 0 atom stereocenters. The molecule has 1 N–H and O–H groups in total. The van der Waals surface area contributed by atoms with Crippen LogP contribution in [0.15, 0.2) is 0 Å². The monoisotopic (exact) mass is 456 g/mol. The zero-order chi connectivity index (χ0) is 20.0. The number of rotatable bonds is 4. The zero-order valence-corrected chi connectivity index (χ0v) is 12.7. The molecule has 148 valence electrons. The average Bonchev–Trinajstić information content (AvgIpc) is 2.28. The van der Waals surface area contributed by atoms with Crippen molar-refractivity contribution >= 4 is 15.9 Å². The van der Waals surface area contributed by atoms with Gasteiger partial charge in [0.15, 0.2) is 0 Å². The lowest BCUT2D eigenvalue weighted by Gasteiger charge is -2.25. The third kappa shape index (κ3) is 10.4. The molecule has 0 aromatic rings. The van der Waals surface area contributed by atoms with Crippen LogP contribution in [0.2, 0.25) is 0 Å². The van der Waals surface area contributed by atoms with Gasteiger partial charge in [-0.2, -0.15) is 52.7 Å². The number of halogens is 13. The third-order valence-corrected chi connectivity index (χ3v) is 2.21. The molecule has 0 heterocycles. The van der Waals surface area contributed by atoms with E-state index in [1.807, 2.05) is 0 Å². The molecule has 24 heavy (non-hydrogen) atoms. The number of aliphatic hydroxyl groups is 1. The van der Waals surface area contributed by atoms with Gasteiger partial charge in [0.2, 0.25) is 0 Å². The van der Waals surface area contributed by atoms with Crippen molar-refractivity contribution in [2.24, 2.45) is 0 Å². The summed E-state index contributed by atoms with van der Waals surface area (Å²) in [7, 11) is 0. The van der Waals surface area contributed by atoms with Crippen molar-refractivity contribution in [2.45, 2.75) is 25.2 Å². The predicted octanol–water partition coefficient (Wildman–Crippen LogP) is 4.04. The molecule has 0 fully saturated rings. The summed E-state index contributed by atoms with van der Waals surface area (Å²) >= 11 is 2.49. The fraction of sp³-hybridized carbons (Fsp3) is 1.00. The van der Waals surface area contributed by atoms with E-state index in [0.717, 1.165) is 0 Å². The van der Waals surface area contributed by atoms with Crippen LogP contribution in [0.25, 0.3) is 0 Å². The van der Waals surface area contributed by atoms with E-state index < -0.39 is 60.0 Å². The van der Waals surface area contributed by atoms with Gasteiger partial charge in [-0.25, -0.2) is 0 Å². The topological polar surface area (TPSA) is 26.7 Å². The Morgan fingerprint density at radius 3 is 0.917 bits per heavy atom. The van der Waals surface area contributed by atoms with Crippen molar-refractivity contribution in [2.75, 3.05) is 25.0 Å². The van der Waals surface area contributed by atoms with E-state index in [9.17, 15) is 52.7 Å². The van der Waals surface area contributed by atoms with Crippen LogP contribution in [0, 0.1) is 0 Å². The second-order valence-electron chi connectivity index (χ2n) is 3.59. The summed E-state index contributed by atoms with van der Waals surface area (Å²) in [6, 6.07) is 0. The molecule has 0 spiro atoms. The Morgan fingerprint density at radius 2 is 0.833 bits per heavy atom. The Labute approximate surface area is 134 Å². The second kappa shape index (κ2) is 9.28. The highest BCUT2D eigenvalue weighted by Crippen LogP contribution is 2.33. The highest BCUT2D eigenvalue weighted by atomic mass is 79.9. The fourth-order valence-corrected chi connectivity index (χ4v) is 1.33. The van der Waals surface area contributed by atoms with Gasteiger partial charge in [-0.05, 0) is 0 Å². The molecule has 0 aliphatic heterocycles. The third-order valence-electron chi connectivity index (χ3n) is 1.86. The van der Waals surface area contributed by atoms with E-state index in [2.05, 4.69) is 15.9 Å². The SMILES string of the molecule is FC(F)(F)N(CCBr)C(F)(F)F.OCCN(C(F)(F)F)C(F)(F)F. The summed E-state index contributed by atoms with van der Waals surface area (Å²) in [4.78, 5) is -3.19. The van der Waals surface area contributed by atoms with Crippen molar-refractivity contribution in [3.63, 3.8) is 0 Å². The number of hydrogen-bond donors (Lipinski definition) is 1. The summed E-state index contributed by atoms with van der Waals surface area (Å²) in [6.07, 6.45) is -21.7. The maximum atomic E-state index is 11.6. The number of alkyl halides is 13. The van der Waals surface area contributed by atoms with Crippen molar-refractivity contribution in [3.8, 4) is 0 Å². The van der Waals surface area contributed by atoms with Crippen LogP contribution in [0.4, 0.5) is 52.7 Å². The summed E-state index contributed by atoms with van der Waals surface area (Å²) < 4.78 is 139. The van der Waals surface area contributed by atoms with Crippen LogP contribution in [0.5, 0.6) is 0 Å². The van der Waals surface area contributed by atoms with Crippen LogP contribution in [0.1, 0.15) is 0 Å². The highest BCUT2D eigenvalue weighted by molar-refractivity contribution is 9.09. The van der Waals surface area contributed by atoms with Gasteiger partial charge in [0.1, 0.15) is 0 Å². The van der Waals surface area contributed by atoms with E-state index in [1.54, 1.807) is 0 Å². The van der Waals surface area contributed by atoms with Crippen LogP contribution in [-0.2, 0) is 0 Å². The molecule has 0 saturated carbocycles. The van der Waals surface area contributed by atoms with Gasteiger partial charge in [-0.15, -0.1) is 9.80 Å². The quantitative estimate of drug-likeness (QED) is 0.393. The smallest absolute Gasteiger partial charge is 0.395 e. The molecule has 0 saturated heterocycles. The lowest BCUT2D eigenvalue weighted by atomic mass is 10.6. The van der Waals surface area contributed by atoms with Crippen molar-refractivity contribution in [1.29, 1.82) is 0 Å². The predicted molar refractivity (Wildman–Crippen MR) is 58.5 cm³/mol. The van der Waals surface area contributed by atoms with Crippen LogP contribution >= 0.6 is 15.9 Å². The molecule has 0 rings (SSSR count). The minimum atomic E-state index is -5.50. The van der Waals surface area contributed by atoms with Crippen LogP contribution in [0.3, 0.4) is 0 Å². The number of nitrogens with zero attached hydrogens (tertiary/aromatic N) is 2. The Bertz CT molecular complexity index is 287. The Morgan fingerprint density at radius 1 is 0.583 bits per heavy atom. The first-order valence-electron chi connectivity index (χ1n) is 5.38. The first-order chi connectivity index (χ1) is 10.4. The summed E-state index contributed by atoms with van der Waals surface area (Å²) in [5.41, 5.74) is 0. The van der Waals surface area contributed by atoms with E-state index in [4.69, 9.17) is 5.11 Å². The maximum absolute atomic E-state index is 11.6. The molecule has 0 aliphatic rings. The fourth-order valence-electron chi connectivity index (χ4n) is 0.979. The minimum absolute atomic E-state index is 0.397. The van der Waals surface area contributed by atoms with E-state index >= 15 is 0 Å². The normalized spacial score (nSPS) is 14.0. The molecule has 0 amide bonds. The Balaban J connectivity index is 0. The average molecular weight is 457 g/mol. The zero-order valence-electron chi connectivity index (χ0n) is 11.1. The first-order valence-corrected chi connectivity index (χ1v) is 6.50. The Kier molecular flexibility index (Phi) is 9.96. The van der Waals surface area contributed by atoms with E-state index in [1.165, 1.54) is 0 Å². The van der Waals surface area contributed by atoms with E-state index in [0.29, 0.717) is 0 Å². The second-order valence-corrected chi connectivity index (χ2v) is 4.38. The summed E-state index contributed by atoms with van der Waals surface area (Å²) in [5, 5.41) is 7.52. The lowest BCUT2D eigenvalue weighted by Crippen LogP contribution is -2.49. The van der Waals surface area contributed by atoms with Crippen molar-refractivity contribution < 1.29 is 57.8 Å². The maximum Gasteiger partial charge on any atom is 0.467 e. The first kappa shape index (κ1) is 25.8. The number of hydrogen-bond acceptors (Lipinski definition) is 3. The van der Waals surface area contributed by atoms with Crippen molar-refractivity contribution in [3.05, 3.63) is 0 Å².